The number of nitrogens with one attached hydrogen (secondary N) is 1. The Morgan fingerprint density at radius 3 is 2.61 bits per heavy atom. The predicted molar refractivity (Wildman–Crippen MR) is 66.1 cm³/mol. The van der Waals surface area contributed by atoms with E-state index < -0.39 is 11.5 Å². The highest BCUT2D eigenvalue weighted by Crippen LogP contribution is 2.35. The van der Waals surface area contributed by atoms with Crippen molar-refractivity contribution < 1.29 is 14.7 Å². The van der Waals surface area contributed by atoms with Crippen molar-refractivity contribution in [1.82, 2.24) is 10.2 Å². The Morgan fingerprint density at radius 2 is 2.17 bits per heavy atom. The molecule has 2 aliphatic rings. The van der Waals surface area contributed by atoms with Gasteiger partial charge in [-0.2, -0.15) is 0 Å². The molecule has 1 unspecified atom stereocenters. The number of nitrogens with zero attached hydrogens (tertiary/aromatic N) is 1. The van der Waals surface area contributed by atoms with Crippen LogP contribution in [-0.2, 0) is 4.79 Å². The SMILES string of the molecule is NCC1CCN(C(=O)NC2(CC(=O)O)CCC2)C1. The van der Waals surface area contributed by atoms with Crippen LogP contribution in [0.3, 0.4) is 0 Å². The molecule has 0 aromatic rings. The Hall–Kier alpha value is -1.30. The second kappa shape index (κ2) is 5.14. The van der Waals surface area contributed by atoms with Crippen molar-refractivity contribution in [3.63, 3.8) is 0 Å². The molecule has 0 aromatic heterocycles. The summed E-state index contributed by atoms with van der Waals surface area (Å²) in [5, 5.41) is 11.8. The van der Waals surface area contributed by atoms with Crippen molar-refractivity contribution in [2.75, 3.05) is 19.6 Å². The average molecular weight is 255 g/mol. The number of rotatable bonds is 4. The van der Waals surface area contributed by atoms with E-state index in [0.29, 0.717) is 19.0 Å². The van der Waals surface area contributed by atoms with Crippen LogP contribution in [0.5, 0.6) is 0 Å². The molecule has 2 rings (SSSR count). The summed E-state index contributed by atoms with van der Waals surface area (Å²) in [4.78, 5) is 24.7. The molecule has 1 aliphatic heterocycles. The Bertz CT molecular complexity index is 341. The minimum Gasteiger partial charge on any atom is -0.481 e. The molecule has 1 saturated carbocycles. The van der Waals surface area contributed by atoms with E-state index in [1.54, 1.807) is 4.90 Å². The molecule has 0 aromatic carbocycles. The van der Waals surface area contributed by atoms with E-state index in [-0.39, 0.29) is 12.5 Å². The number of amides is 2. The monoisotopic (exact) mass is 255 g/mol. The Labute approximate surface area is 107 Å². The number of carboxylic acid groups (broad SMARTS) is 1. The van der Waals surface area contributed by atoms with Crippen LogP contribution in [0.15, 0.2) is 0 Å². The fourth-order valence-electron chi connectivity index (χ4n) is 2.75. The first-order valence-electron chi connectivity index (χ1n) is 6.54. The zero-order chi connectivity index (χ0) is 13.2. The normalized spacial score (nSPS) is 25.6. The lowest BCUT2D eigenvalue weighted by atomic mass is 9.74. The molecular weight excluding hydrogens is 234 g/mol. The van der Waals surface area contributed by atoms with E-state index >= 15 is 0 Å². The minimum atomic E-state index is -0.851. The number of carbonyl (C=O) groups is 2. The van der Waals surface area contributed by atoms with Crippen LogP contribution in [0.25, 0.3) is 0 Å². The maximum atomic E-state index is 12.1. The van der Waals surface area contributed by atoms with E-state index in [1.807, 2.05) is 0 Å². The van der Waals surface area contributed by atoms with Crippen molar-refractivity contribution in [1.29, 1.82) is 0 Å². The zero-order valence-electron chi connectivity index (χ0n) is 10.5. The van der Waals surface area contributed by atoms with Crippen LogP contribution in [0.4, 0.5) is 4.79 Å². The second-order valence-electron chi connectivity index (χ2n) is 5.47. The molecule has 102 valence electrons. The Balaban J connectivity index is 1.88. The Morgan fingerprint density at radius 1 is 1.44 bits per heavy atom. The van der Waals surface area contributed by atoms with Gasteiger partial charge >= 0.3 is 12.0 Å². The quantitative estimate of drug-likeness (QED) is 0.676. The number of urea groups is 1. The number of carbonyl (C=O) groups excluding carboxylic acids is 1. The number of nitrogens with two attached hydrogens (primary N) is 1. The molecule has 1 aliphatic carbocycles. The largest absolute Gasteiger partial charge is 0.481 e. The van der Waals surface area contributed by atoms with Gasteiger partial charge in [0.05, 0.1) is 12.0 Å². The summed E-state index contributed by atoms with van der Waals surface area (Å²) < 4.78 is 0. The van der Waals surface area contributed by atoms with Crippen molar-refractivity contribution in [3.8, 4) is 0 Å². The summed E-state index contributed by atoms with van der Waals surface area (Å²) in [7, 11) is 0. The number of carboxylic acids is 1. The number of likely N-dealkylation sites (tertiary alicyclic amines) is 1. The van der Waals surface area contributed by atoms with Gasteiger partial charge in [-0.3, -0.25) is 4.79 Å². The van der Waals surface area contributed by atoms with Crippen LogP contribution >= 0.6 is 0 Å². The van der Waals surface area contributed by atoms with Gasteiger partial charge < -0.3 is 21.1 Å². The van der Waals surface area contributed by atoms with Gasteiger partial charge in [0.25, 0.3) is 0 Å². The average Bonchev–Trinajstić information content (AvgIpc) is 2.73. The van der Waals surface area contributed by atoms with Gasteiger partial charge in [-0.1, -0.05) is 0 Å². The predicted octanol–water partition coefficient (Wildman–Crippen LogP) is 0.374. The van der Waals surface area contributed by atoms with E-state index in [1.165, 1.54) is 0 Å². The van der Waals surface area contributed by atoms with Gasteiger partial charge in [-0.25, -0.2) is 4.79 Å². The highest BCUT2D eigenvalue weighted by molar-refractivity contribution is 5.77. The molecule has 2 amide bonds. The number of hydrogen-bond donors (Lipinski definition) is 3. The van der Waals surface area contributed by atoms with Crippen molar-refractivity contribution in [3.05, 3.63) is 0 Å². The van der Waals surface area contributed by atoms with Crippen LogP contribution in [0.2, 0.25) is 0 Å². The first-order valence-corrected chi connectivity index (χ1v) is 6.54. The lowest BCUT2D eigenvalue weighted by molar-refractivity contribution is -0.139. The van der Waals surface area contributed by atoms with E-state index in [2.05, 4.69) is 5.32 Å². The summed E-state index contributed by atoms with van der Waals surface area (Å²) in [6.07, 6.45) is 3.47. The van der Waals surface area contributed by atoms with E-state index in [9.17, 15) is 9.59 Å². The molecule has 6 nitrogen and oxygen atoms in total. The maximum Gasteiger partial charge on any atom is 0.317 e. The fraction of sp³-hybridized carbons (Fsp3) is 0.833. The third-order valence-electron chi connectivity index (χ3n) is 4.08. The summed E-state index contributed by atoms with van der Waals surface area (Å²) in [5.41, 5.74) is 5.08. The summed E-state index contributed by atoms with van der Waals surface area (Å²) in [6.45, 7) is 2.01. The standard InChI is InChI=1S/C12H21N3O3/c13-7-9-2-5-15(8-9)11(18)14-12(3-1-4-12)6-10(16)17/h9H,1-8,13H2,(H,14,18)(H,16,17). The Kier molecular flexibility index (Phi) is 3.75. The van der Waals surface area contributed by atoms with E-state index in [0.717, 1.165) is 32.2 Å². The number of hydrogen-bond acceptors (Lipinski definition) is 3. The molecule has 1 atom stereocenters. The summed E-state index contributed by atoms with van der Waals surface area (Å²) in [5.74, 6) is -0.469. The first kappa shape index (κ1) is 13.1. The van der Waals surface area contributed by atoms with Crippen LogP contribution < -0.4 is 11.1 Å². The molecule has 6 heteroatoms. The summed E-state index contributed by atoms with van der Waals surface area (Å²) >= 11 is 0. The third-order valence-corrected chi connectivity index (χ3v) is 4.08. The molecule has 4 N–H and O–H groups in total. The van der Waals surface area contributed by atoms with Gasteiger partial charge in [0, 0.05) is 13.1 Å². The zero-order valence-corrected chi connectivity index (χ0v) is 10.5. The molecule has 0 bridgehead atoms. The van der Waals surface area contributed by atoms with Gasteiger partial charge in [0.2, 0.25) is 0 Å². The molecule has 0 radical (unpaired) electrons. The smallest absolute Gasteiger partial charge is 0.317 e. The molecule has 18 heavy (non-hydrogen) atoms. The molecule has 1 heterocycles. The lowest BCUT2D eigenvalue weighted by Gasteiger charge is -2.42. The van der Waals surface area contributed by atoms with Crippen LogP contribution in [0.1, 0.15) is 32.1 Å². The topological polar surface area (TPSA) is 95.7 Å². The highest BCUT2D eigenvalue weighted by Gasteiger charge is 2.41. The van der Waals surface area contributed by atoms with Gasteiger partial charge in [-0.15, -0.1) is 0 Å². The third kappa shape index (κ3) is 2.75. The molecule has 2 fully saturated rings. The summed E-state index contributed by atoms with van der Waals surface area (Å²) in [6, 6.07) is -0.132. The lowest BCUT2D eigenvalue weighted by Crippen LogP contribution is -2.57. The molecule has 1 saturated heterocycles. The fourth-order valence-corrected chi connectivity index (χ4v) is 2.75. The van der Waals surface area contributed by atoms with Gasteiger partial charge in [0.15, 0.2) is 0 Å². The maximum absolute atomic E-state index is 12.1. The van der Waals surface area contributed by atoms with Crippen molar-refractivity contribution in [2.24, 2.45) is 11.7 Å². The minimum absolute atomic E-state index is 0.0207. The van der Waals surface area contributed by atoms with Crippen LogP contribution in [0, 0.1) is 5.92 Å². The first-order chi connectivity index (χ1) is 8.54. The number of aliphatic carboxylic acids is 1. The molecule has 0 spiro atoms. The molecular formula is C12H21N3O3. The van der Waals surface area contributed by atoms with Gasteiger partial charge in [0.1, 0.15) is 0 Å². The highest BCUT2D eigenvalue weighted by atomic mass is 16.4. The van der Waals surface area contributed by atoms with Crippen molar-refractivity contribution >= 4 is 12.0 Å². The van der Waals surface area contributed by atoms with Crippen molar-refractivity contribution in [2.45, 2.75) is 37.6 Å². The van der Waals surface area contributed by atoms with Gasteiger partial charge in [-0.05, 0) is 38.1 Å². The van der Waals surface area contributed by atoms with E-state index in [4.69, 9.17) is 10.8 Å². The second-order valence-corrected chi connectivity index (χ2v) is 5.47. The van der Waals surface area contributed by atoms with Crippen LogP contribution in [-0.4, -0.2) is 47.2 Å².